The van der Waals surface area contributed by atoms with Gasteiger partial charge in [0.25, 0.3) is 0 Å². The Morgan fingerprint density at radius 2 is 2.11 bits per heavy atom. The maximum Gasteiger partial charge on any atom is 0.109 e. The molecule has 0 spiro atoms. The molecule has 1 aromatic rings. The third-order valence-corrected chi connectivity index (χ3v) is 4.15. The fourth-order valence-electron chi connectivity index (χ4n) is 2.56. The molecule has 2 heterocycles. The molecule has 3 nitrogen and oxygen atoms in total. The second-order valence-corrected chi connectivity index (χ2v) is 5.93. The molecule has 102 valence electrons. The number of nitrogens with zero attached hydrogens (tertiary/aromatic N) is 2. The number of imidazole rings is 1. The van der Waals surface area contributed by atoms with Crippen molar-refractivity contribution in [1.29, 1.82) is 0 Å². The van der Waals surface area contributed by atoms with Gasteiger partial charge in [-0.2, -0.15) is 0 Å². The van der Waals surface area contributed by atoms with Crippen LogP contribution in [-0.4, -0.2) is 16.1 Å². The number of aryl methyl sites for hydroxylation is 1. The van der Waals surface area contributed by atoms with E-state index in [0.29, 0.717) is 5.92 Å². The van der Waals surface area contributed by atoms with Crippen LogP contribution >= 0.6 is 0 Å². The van der Waals surface area contributed by atoms with E-state index in [9.17, 15) is 0 Å². The zero-order valence-electron chi connectivity index (χ0n) is 12.3. The molecule has 1 aromatic heterocycles. The Morgan fingerprint density at radius 1 is 1.33 bits per heavy atom. The SMILES string of the molecule is CCCc1nc2c(n1CC(C)C(C)C)CCNC2. The van der Waals surface area contributed by atoms with E-state index in [1.165, 1.54) is 23.6 Å². The maximum absolute atomic E-state index is 4.85. The highest BCUT2D eigenvalue weighted by Crippen LogP contribution is 2.21. The van der Waals surface area contributed by atoms with E-state index < -0.39 is 0 Å². The summed E-state index contributed by atoms with van der Waals surface area (Å²) in [6.07, 6.45) is 3.42. The van der Waals surface area contributed by atoms with Gasteiger partial charge >= 0.3 is 0 Å². The van der Waals surface area contributed by atoms with Gasteiger partial charge in [0.2, 0.25) is 0 Å². The second-order valence-electron chi connectivity index (χ2n) is 5.93. The Bertz CT molecular complexity index is 393. The van der Waals surface area contributed by atoms with Crippen molar-refractivity contribution in [2.24, 2.45) is 11.8 Å². The van der Waals surface area contributed by atoms with Crippen LogP contribution in [0.4, 0.5) is 0 Å². The van der Waals surface area contributed by atoms with Gasteiger partial charge in [0.1, 0.15) is 5.82 Å². The Labute approximate surface area is 111 Å². The van der Waals surface area contributed by atoms with E-state index in [-0.39, 0.29) is 0 Å². The Morgan fingerprint density at radius 3 is 2.78 bits per heavy atom. The molecule has 0 radical (unpaired) electrons. The highest BCUT2D eigenvalue weighted by Gasteiger charge is 2.21. The topological polar surface area (TPSA) is 29.9 Å². The molecule has 1 unspecified atom stereocenters. The second kappa shape index (κ2) is 5.87. The number of aromatic nitrogens is 2. The highest BCUT2D eigenvalue weighted by atomic mass is 15.1. The predicted octanol–water partition coefficient (Wildman–Crippen LogP) is 2.77. The third-order valence-electron chi connectivity index (χ3n) is 4.15. The Balaban J connectivity index is 2.27. The molecule has 1 N–H and O–H groups in total. The third kappa shape index (κ3) is 2.77. The fraction of sp³-hybridized carbons (Fsp3) is 0.800. The summed E-state index contributed by atoms with van der Waals surface area (Å²) in [5, 5.41) is 3.42. The van der Waals surface area contributed by atoms with Crippen LogP contribution in [0.3, 0.4) is 0 Å². The molecule has 18 heavy (non-hydrogen) atoms. The molecule has 1 aliphatic rings. The molecule has 0 aliphatic carbocycles. The monoisotopic (exact) mass is 249 g/mol. The summed E-state index contributed by atoms with van der Waals surface area (Å²) < 4.78 is 2.52. The van der Waals surface area contributed by atoms with Gasteiger partial charge in [-0.3, -0.25) is 0 Å². The van der Waals surface area contributed by atoms with Crippen molar-refractivity contribution in [3.63, 3.8) is 0 Å². The summed E-state index contributed by atoms with van der Waals surface area (Å²) in [6.45, 7) is 12.4. The van der Waals surface area contributed by atoms with Gasteiger partial charge in [0.05, 0.1) is 5.69 Å². The molecule has 1 atom stereocenters. The molecule has 0 saturated heterocycles. The minimum absolute atomic E-state index is 0.716. The molecule has 3 heteroatoms. The van der Waals surface area contributed by atoms with Gasteiger partial charge in [0.15, 0.2) is 0 Å². The lowest BCUT2D eigenvalue weighted by Crippen LogP contribution is -2.26. The molecule has 0 aromatic carbocycles. The maximum atomic E-state index is 4.85. The van der Waals surface area contributed by atoms with Gasteiger partial charge < -0.3 is 9.88 Å². The van der Waals surface area contributed by atoms with Crippen molar-refractivity contribution < 1.29 is 0 Å². The summed E-state index contributed by atoms with van der Waals surface area (Å²) >= 11 is 0. The Kier molecular flexibility index (Phi) is 4.44. The summed E-state index contributed by atoms with van der Waals surface area (Å²) in [7, 11) is 0. The fourth-order valence-corrected chi connectivity index (χ4v) is 2.56. The van der Waals surface area contributed by atoms with Crippen LogP contribution in [0.1, 0.15) is 51.3 Å². The molecule has 0 saturated carbocycles. The van der Waals surface area contributed by atoms with Crippen molar-refractivity contribution in [2.75, 3.05) is 6.54 Å². The number of rotatable bonds is 5. The number of hydrogen-bond donors (Lipinski definition) is 1. The summed E-state index contributed by atoms with van der Waals surface area (Å²) in [4.78, 5) is 4.85. The number of nitrogens with one attached hydrogen (secondary N) is 1. The van der Waals surface area contributed by atoms with Crippen molar-refractivity contribution in [1.82, 2.24) is 14.9 Å². The zero-order chi connectivity index (χ0) is 13.1. The van der Waals surface area contributed by atoms with Gasteiger partial charge in [-0.15, -0.1) is 0 Å². The number of fused-ring (bicyclic) bond motifs is 1. The molecule has 0 fully saturated rings. The van der Waals surface area contributed by atoms with Gasteiger partial charge in [-0.1, -0.05) is 27.7 Å². The van der Waals surface area contributed by atoms with Crippen LogP contribution in [0.15, 0.2) is 0 Å². The lowest BCUT2D eigenvalue weighted by atomic mass is 9.98. The molecular formula is C15H27N3. The summed E-state index contributed by atoms with van der Waals surface area (Å²) in [5.41, 5.74) is 2.78. The van der Waals surface area contributed by atoms with Gasteiger partial charge in [0, 0.05) is 38.2 Å². The van der Waals surface area contributed by atoms with Crippen molar-refractivity contribution in [3.8, 4) is 0 Å². The van der Waals surface area contributed by atoms with E-state index in [1.54, 1.807) is 0 Å². The normalized spacial score (nSPS) is 16.9. The van der Waals surface area contributed by atoms with Crippen LogP contribution in [-0.2, 0) is 25.9 Å². The van der Waals surface area contributed by atoms with Crippen LogP contribution < -0.4 is 5.32 Å². The first-order valence-electron chi connectivity index (χ1n) is 7.41. The quantitative estimate of drug-likeness (QED) is 0.869. The molecule has 0 amide bonds. The lowest BCUT2D eigenvalue weighted by Gasteiger charge is -2.21. The highest BCUT2D eigenvalue weighted by molar-refractivity contribution is 5.20. The first kappa shape index (κ1) is 13.6. The molecule has 1 aliphatic heterocycles. The number of hydrogen-bond acceptors (Lipinski definition) is 2. The standard InChI is InChI=1S/C15H27N3/c1-5-6-15-17-13-9-16-8-7-14(13)18(15)10-12(4)11(2)3/h11-12,16H,5-10H2,1-4H3. The first-order chi connectivity index (χ1) is 8.63. The van der Waals surface area contributed by atoms with Crippen LogP contribution in [0, 0.1) is 11.8 Å². The van der Waals surface area contributed by atoms with Crippen molar-refractivity contribution in [2.45, 2.75) is 60.0 Å². The zero-order valence-corrected chi connectivity index (χ0v) is 12.3. The summed E-state index contributed by atoms with van der Waals surface area (Å²) in [5.74, 6) is 2.76. The molecule has 0 bridgehead atoms. The Hall–Kier alpha value is -0.830. The van der Waals surface area contributed by atoms with Crippen molar-refractivity contribution in [3.05, 3.63) is 17.2 Å². The summed E-state index contributed by atoms with van der Waals surface area (Å²) in [6, 6.07) is 0. The minimum Gasteiger partial charge on any atom is -0.331 e. The van der Waals surface area contributed by atoms with Crippen molar-refractivity contribution >= 4 is 0 Å². The minimum atomic E-state index is 0.716. The van der Waals surface area contributed by atoms with E-state index in [0.717, 1.165) is 38.4 Å². The average molecular weight is 249 g/mol. The average Bonchev–Trinajstić information content (AvgIpc) is 2.68. The van der Waals surface area contributed by atoms with Gasteiger partial charge in [-0.25, -0.2) is 4.98 Å². The van der Waals surface area contributed by atoms with Crippen LogP contribution in [0.2, 0.25) is 0 Å². The molecular weight excluding hydrogens is 222 g/mol. The van der Waals surface area contributed by atoms with Crippen LogP contribution in [0.25, 0.3) is 0 Å². The van der Waals surface area contributed by atoms with Gasteiger partial charge in [-0.05, 0) is 18.3 Å². The first-order valence-corrected chi connectivity index (χ1v) is 7.41. The smallest absolute Gasteiger partial charge is 0.109 e. The predicted molar refractivity (Wildman–Crippen MR) is 75.6 cm³/mol. The van der Waals surface area contributed by atoms with E-state index in [1.807, 2.05) is 0 Å². The van der Waals surface area contributed by atoms with E-state index in [4.69, 9.17) is 4.98 Å². The van der Waals surface area contributed by atoms with E-state index >= 15 is 0 Å². The largest absolute Gasteiger partial charge is 0.331 e. The lowest BCUT2D eigenvalue weighted by molar-refractivity contribution is 0.353. The van der Waals surface area contributed by atoms with Crippen LogP contribution in [0.5, 0.6) is 0 Å². The molecule has 2 rings (SSSR count). The van der Waals surface area contributed by atoms with E-state index in [2.05, 4.69) is 37.6 Å².